The van der Waals surface area contributed by atoms with Crippen molar-refractivity contribution in [1.29, 1.82) is 0 Å². The Hall–Kier alpha value is -0.160. The van der Waals surface area contributed by atoms with E-state index in [-0.39, 0.29) is 0 Å². The second-order valence-electron chi connectivity index (χ2n) is 4.64. The maximum absolute atomic E-state index is 5.38. The zero-order chi connectivity index (χ0) is 12.9. The van der Waals surface area contributed by atoms with Crippen molar-refractivity contribution in [3.63, 3.8) is 0 Å². The van der Waals surface area contributed by atoms with Gasteiger partial charge in [0.15, 0.2) is 0 Å². The van der Waals surface area contributed by atoms with Gasteiger partial charge >= 0.3 is 0 Å². The van der Waals surface area contributed by atoms with Crippen LogP contribution in [0.5, 0.6) is 0 Å². The van der Waals surface area contributed by atoms with Crippen LogP contribution in [0.3, 0.4) is 0 Å². The highest BCUT2D eigenvalue weighted by Gasteiger charge is 2.01. The summed E-state index contributed by atoms with van der Waals surface area (Å²) in [6.07, 6.45) is 2.28. The lowest BCUT2D eigenvalue weighted by Crippen LogP contribution is -2.29. The Balaban J connectivity index is 3.03. The normalized spacial score (nSPS) is 11.6. The molecule has 0 rings (SSSR count). The van der Waals surface area contributed by atoms with Crippen LogP contribution in [0.2, 0.25) is 0 Å². The van der Waals surface area contributed by atoms with Crippen molar-refractivity contribution >= 4 is 0 Å². The van der Waals surface area contributed by atoms with Crippen molar-refractivity contribution < 1.29 is 9.47 Å². The third-order valence-corrected chi connectivity index (χ3v) is 2.82. The fourth-order valence-electron chi connectivity index (χ4n) is 1.38. The topological polar surface area (TPSA) is 33.7 Å². The maximum atomic E-state index is 5.38. The molecule has 0 aromatic carbocycles. The molecule has 1 N–H and O–H groups in total. The first kappa shape index (κ1) is 16.8. The summed E-state index contributed by atoms with van der Waals surface area (Å²) < 4.78 is 10.3. The molecule has 0 aliphatic rings. The smallest absolute Gasteiger partial charge is 0.0700 e. The van der Waals surface area contributed by atoms with E-state index >= 15 is 0 Å². The Morgan fingerprint density at radius 1 is 1.06 bits per heavy atom. The van der Waals surface area contributed by atoms with Gasteiger partial charge in [-0.3, -0.25) is 0 Å². The van der Waals surface area contributed by atoms with Gasteiger partial charge in [-0.2, -0.15) is 0 Å². The molecule has 17 heavy (non-hydrogen) atoms. The quantitative estimate of drug-likeness (QED) is 0.527. The zero-order valence-corrected chi connectivity index (χ0v) is 12.0. The summed E-state index contributed by atoms with van der Waals surface area (Å²) in [6.45, 7) is 9.96. The summed E-state index contributed by atoms with van der Waals surface area (Å²) in [6, 6.07) is 0.643. The molecule has 0 radical (unpaired) electrons. The molecule has 0 spiro atoms. The number of ether oxygens (including phenoxy) is 2. The Kier molecular flexibility index (Phi) is 12.2. The van der Waals surface area contributed by atoms with Crippen LogP contribution < -0.4 is 5.32 Å². The van der Waals surface area contributed by atoms with Crippen molar-refractivity contribution in [2.45, 2.75) is 32.7 Å². The lowest BCUT2D eigenvalue weighted by Gasteiger charge is -2.20. The molecule has 0 aliphatic carbocycles. The molecule has 0 aromatic rings. The minimum atomic E-state index is 0.643. The summed E-state index contributed by atoms with van der Waals surface area (Å²) >= 11 is 0. The van der Waals surface area contributed by atoms with Crippen LogP contribution in [0.4, 0.5) is 0 Å². The molecule has 0 bridgehead atoms. The molecule has 0 aliphatic heterocycles. The molecule has 0 amide bonds. The Labute approximate surface area is 107 Å². The van der Waals surface area contributed by atoms with Crippen LogP contribution in [0.1, 0.15) is 26.7 Å². The minimum Gasteiger partial charge on any atom is -0.382 e. The lowest BCUT2D eigenvalue weighted by atomic mass is 10.3. The number of nitrogens with zero attached hydrogens (tertiary/aromatic N) is 1. The van der Waals surface area contributed by atoms with Gasteiger partial charge in [-0.25, -0.2) is 0 Å². The molecular formula is C13H30N2O2. The van der Waals surface area contributed by atoms with Gasteiger partial charge in [0.2, 0.25) is 0 Å². The molecule has 4 nitrogen and oxygen atoms in total. The second kappa shape index (κ2) is 12.3. The van der Waals surface area contributed by atoms with E-state index in [9.17, 15) is 0 Å². The molecule has 0 heterocycles. The van der Waals surface area contributed by atoms with Gasteiger partial charge in [0, 0.05) is 19.8 Å². The fourth-order valence-corrected chi connectivity index (χ4v) is 1.38. The van der Waals surface area contributed by atoms with Crippen LogP contribution >= 0.6 is 0 Å². The van der Waals surface area contributed by atoms with E-state index < -0.39 is 0 Å². The molecule has 0 atom stereocenters. The summed E-state index contributed by atoms with van der Waals surface area (Å²) in [5.74, 6) is 0. The zero-order valence-electron chi connectivity index (χ0n) is 12.0. The third kappa shape index (κ3) is 12.1. The molecule has 0 saturated heterocycles. The van der Waals surface area contributed by atoms with Crippen LogP contribution in [0, 0.1) is 0 Å². The van der Waals surface area contributed by atoms with E-state index in [0.717, 1.165) is 32.7 Å². The minimum absolute atomic E-state index is 0.643. The largest absolute Gasteiger partial charge is 0.382 e. The van der Waals surface area contributed by atoms with E-state index in [0.29, 0.717) is 19.3 Å². The molecule has 0 aromatic heterocycles. The Morgan fingerprint density at radius 3 is 2.41 bits per heavy atom. The summed E-state index contributed by atoms with van der Waals surface area (Å²) in [4.78, 5) is 2.37. The summed E-state index contributed by atoms with van der Waals surface area (Å²) in [5.41, 5.74) is 0. The van der Waals surface area contributed by atoms with Crippen LogP contribution in [0.15, 0.2) is 0 Å². The summed E-state index contributed by atoms with van der Waals surface area (Å²) in [5, 5.41) is 3.43. The van der Waals surface area contributed by atoms with Crippen LogP contribution in [0.25, 0.3) is 0 Å². The molecule has 0 saturated carbocycles. The third-order valence-electron chi connectivity index (χ3n) is 2.82. The highest BCUT2D eigenvalue weighted by atomic mass is 16.5. The number of hydrogen-bond acceptors (Lipinski definition) is 4. The molecule has 4 heteroatoms. The predicted molar refractivity (Wildman–Crippen MR) is 72.6 cm³/mol. The second-order valence-corrected chi connectivity index (χ2v) is 4.64. The molecular weight excluding hydrogens is 216 g/mol. The van der Waals surface area contributed by atoms with Crippen molar-refractivity contribution in [1.82, 2.24) is 10.2 Å². The predicted octanol–water partition coefficient (Wildman–Crippen LogP) is 1.36. The highest BCUT2D eigenvalue weighted by Crippen LogP contribution is 1.94. The van der Waals surface area contributed by atoms with Gasteiger partial charge in [0.25, 0.3) is 0 Å². The van der Waals surface area contributed by atoms with Gasteiger partial charge in [-0.15, -0.1) is 0 Å². The summed E-state index contributed by atoms with van der Waals surface area (Å²) in [7, 11) is 3.87. The Bertz CT molecular complexity index is 154. The van der Waals surface area contributed by atoms with Gasteiger partial charge in [-0.05, 0) is 53.4 Å². The van der Waals surface area contributed by atoms with E-state index in [2.05, 4.69) is 31.1 Å². The molecule has 0 unspecified atom stereocenters. The number of nitrogens with one attached hydrogen (secondary N) is 1. The van der Waals surface area contributed by atoms with Crippen molar-refractivity contribution in [3.05, 3.63) is 0 Å². The van der Waals surface area contributed by atoms with Gasteiger partial charge in [-0.1, -0.05) is 0 Å². The fraction of sp³-hybridized carbons (Fsp3) is 1.00. The van der Waals surface area contributed by atoms with E-state index in [1.165, 1.54) is 6.42 Å². The number of rotatable bonds is 12. The van der Waals surface area contributed by atoms with Crippen LogP contribution in [-0.2, 0) is 9.47 Å². The average molecular weight is 246 g/mol. The van der Waals surface area contributed by atoms with Gasteiger partial charge < -0.3 is 19.7 Å². The highest BCUT2D eigenvalue weighted by molar-refractivity contribution is 4.58. The first-order valence-corrected chi connectivity index (χ1v) is 6.66. The van der Waals surface area contributed by atoms with Crippen molar-refractivity contribution in [2.24, 2.45) is 0 Å². The van der Waals surface area contributed by atoms with E-state index in [4.69, 9.17) is 9.47 Å². The number of hydrogen-bond donors (Lipinski definition) is 1. The van der Waals surface area contributed by atoms with Crippen molar-refractivity contribution in [2.75, 3.05) is 53.6 Å². The Morgan fingerprint density at radius 2 is 1.76 bits per heavy atom. The molecule has 104 valence electrons. The lowest BCUT2D eigenvalue weighted by molar-refractivity contribution is 0.0695. The number of methoxy groups -OCH3 is 1. The van der Waals surface area contributed by atoms with Crippen LogP contribution in [-0.4, -0.2) is 64.6 Å². The first-order valence-electron chi connectivity index (χ1n) is 6.66. The SMILES string of the molecule is COCCOCCCNCCCN(C)C(C)C. The van der Waals surface area contributed by atoms with Crippen molar-refractivity contribution in [3.8, 4) is 0 Å². The molecule has 0 fully saturated rings. The average Bonchev–Trinajstić information content (AvgIpc) is 2.31. The first-order chi connectivity index (χ1) is 8.18. The standard InChI is InChI=1S/C13H30N2O2/c1-13(2)15(3)9-5-7-14-8-6-10-17-12-11-16-4/h13-14H,5-12H2,1-4H3. The van der Waals surface area contributed by atoms with Gasteiger partial charge in [0.1, 0.15) is 0 Å². The van der Waals surface area contributed by atoms with E-state index in [1.54, 1.807) is 7.11 Å². The van der Waals surface area contributed by atoms with Gasteiger partial charge in [0.05, 0.1) is 13.2 Å². The monoisotopic (exact) mass is 246 g/mol. The van der Waals surface area contributed by atoms with E-state index in [1.807, 2.05) is 0 Å². The maximum Gasteiger partial charge on any atom is 0.0700 e.